The zero-order valence-electron chi connectivity index (χ0n) is 10.8. The van der Waals surface area contributed by atoms with Crippen LogP contribution in [0.25, 0.3) is 0 Å². The summed E-state index contributed by atoms with van der Waals surface area (Å²) in [5.41, 5.74) is 5.66. The van der Waals surface area contributed by atoms with E-state index < -0.39 is 20.9 Å². The summed E-state index contributed by atoms with van der Waals surface area (Å²) in [5, 5.41) is -0.500. The van der Waals surface area contributed by atoms with Gasteiger partial charge in [0.25, 0.3) is 10.0 Å². The van der Waals surface area contributed by atoms with Crippen molar-refractivity contribution in [3.8, 4) is 0 Å². The lowest BCUT2D eigenvalue weighted by molar-refractivity contribution is 0.202. The van der Waals surface area contributed by atoms with Gasteiger partial charge in [0, 0.05) is 19.3 Å². The largest absolute Gasteiger partial charge is 0.330 e. The Labute approximate surface area is 112 Å². The van der Waals surface area contributed by atoms with Crippen LogP contribution in [0.5, 0.6) is 0 Å². The van der Waals surface area contributed by atoms with E-state index in [0.717, 1.165) is 12.5 Å². The fourth-order valence-corrected chi connectivity index (χ4v) is 3.81. The average molecular weight is 287 g/mol. The molecule has 2 atom stereocenters. The highest BCUT2D eigenvalue weighted by Crippen LogP contribution is 2.27. The van der Waals surface area contributed by atoms with Gasteiger partial charge in [-0.25, -0.2) is 17.8 Å². The first kappa shape index (κ1) is 14.4. The van der Waals surface area contributed by atoms with Gasteiger partial charge < -0.3 is 5.73 Å². The molecule has 0 saturated carbocycles. The Morgan fingerprint density at radius 1 is 1.58 bits per heavy atom. The molecule has 7 heteroatoms. The van der Waals surface area contributed by atoms with Gasteiger partial charge in [0.05, 0.1) is 0 Å². The van der Waals surface area contributed by atoms with Crippen molar-refractivity contribution < 1.29 is 12.8 Å². The van der Waals surface area contributed by atoms with Gasteiger partial charge in [-0.3, -0.25) is 0 Å². The van der Waals surface area contributed by atoms with Crippen LogP contribution in [0.3, 0.4) is 0 Å². The van der Waals surface area contributed by atoms with Gasteiger partial charge in [-0.15, -0.1) is 0 Å². The molecular formula is C12H18FN3O2S. The smallest absolute Gasteiger partial charge is 0.263 e. The summed E-state index contributed by atoms with van der Waals surface area (Å²) >= 11 is 0. The summed E-state index contributed by atoms with van der Waals surface area (Å²) in [4.78, 5) is 3.66. The number of nitrogens with two attached hydrogens (primary N) is 1. The minimum absolute atomic E-state index is 0.107. The molecular weight excluding hydrogens is 269 g/mol. The number of sulfonamides is 1. The molecule has 2 N–H and O–H groups in total. The molecule has 5 nitrogen and oxygen atoms in total. The number of nitrogens with zero attached hydrogens (tertiary/aromatic N) is 2. The number of aromatic nitrogens is 1. The molecule has 0 amide bonds. The Balaban J connectivity index is 2.28. The molecule has 1 aliphatic rings. The van der Waals surface area contributed by atoms with Gasteiger partial charge in [-0.1, -0.05) is 6.92 Å². The Morgan fingerprint density at radius 3 is 2.95 bits per heavy atom. The van der Waals surface area contributed by atoms with Gasteiger partial charge in [-0.2, -0.15) is 4.31 Å². The van der Waals surface area contributed by atoms with E-state index in [1.165, 1.54) is 16.6 Å². The molecule has 0 spiro atoms. The minimum Gasteiger partial charge on any atom is -0.330 e. The molecule has 2 heterocycles. The van der Waals surface area contributed by atoms with E-state index in [-0.39, 0.29) is 5.92 Å². The van der Waals surface area contributed by atoms with Gasteiger partial charge in [0.1, 0.15) is 0 Å². The van der Waals surface area contributed by atoms with E-state index in [1.807, 2.05) is 0 Å². The quantitative estimate of drug-likeness (QED) is 0.893. The van der Waals surface area contributed by atoms with Crippen molar-refractivity contribution >= 4 is 10.0 Å². The normalized spacial score (nSPS) is 25.4. The Morgan fingerprint density at radius 2 is 2.32 bits per heavy atom. The van der Waals surface area contributed by atoms with Crippen molar-refractivity contribution in [1.29, 1.82) is 0 Å². The molecule has 2 rings (SSSR count). The van der Waals surface area contributed by atoms with Crippen molar-refractivity contribution in [3.63, 3.8) is 0 Å². The molecule has 106 valence electrons. The first-order chi connectivity index (χ1) is 8.96. The van der Waals surface area contributed by atoms with E-state index in [1.54, 1.807) is 0 Å². The van der Waals surface area contributed by atoms with Gasteiger partial charge in [-0.05, 0) is 36.9 Å². The molecule has 1 aliphatic heterocycles. The molecule has 19 heavy (non-hydrogen) atoms. The molecule has 0 aliphatic carbocycles. The molecule has 1 aromatic rings. The number of pyridine rings is 1. The highest BCUT2D eigenvalue weighted by Gasteiger charge is 2.35. The molecule has 2 unspecified atom stereocenters. The van der Waals surface area contributed by atoms with Crippen molar-refractivity contribution in [1.82, 2.24) is 9.29 Å². The summed E-state index contributed by atoms with van der Waals surface area (Å²) in [6.45, 7) is 3.20. The molecule has 0 bridgehead atoms. The van der Waals surface area contributed by atoms with Crippen LogP contribution in [0.4, 0.5) is 4.39 Å². The third-order valence-electron chi connectivity index (χ3n) is 3.69. The highest BCUT2D eigenvalue weighted by molar-refractivity contribution is 7.89. The minimum atomic E-state index is -3.87. The van der Waals surface area contributed by atoms with Crippen LogP contribution in [0.2, 0.25) is 0 Å². The van der Waals surface area contributed by atoms with Crippen LogP contribution in [0.1, 0.15) is 13.3 Å². The number of rotatable bonds is 3. The predicted molar refractivity (Wildman–Crippen MR) is 69.3 cm³/mol. The lowest BCUT2D eigenvalue weighted by Crippen LogP contribution is -2.45. The maximum Gasteiger partial charge on any atom is 0.263 e. The second-order valence-electron chi connectivity index (χ2n) is 4.92. The fourth-order valence-electron chi connectivity index (χ4n) is 2.32. The zero-order valence-corrected chi connectivity index (χ0v) is 11.6. The Bertz CT molecular complexity index is 550. The van der Waals surface area contributed by atoms with Crippen LogP contribution >= 0.6 is 0 Å². The van der Waals surface area contributed by atoms with Crippen LogP contribution in [-0.2, 0) is 10.0 Å². The number of hydrogen-bond donors (Lipinski definition) is 1. The standard InChI is InChI=1S/C12H18FN3O2S/c1-9-4-6-16(8-10(9)7-14)19(17,18)12-11(13)3-2-5-15-12/h2-3,5,9-10H,4,6-8,14H2,1H3. The Kier molecular flexibility index (Phi) is 4.17. The van der Waals surface area contributed by atoms with E-state index in [2.05, 4.69) is 11.9 Å². The molecule has 0 radical (unpaired) electrons. The van der Waals surface area contributed by atoms with Crippen LogP contribution in [0, 0.1) is 17.7 Å². The van der Waals surface area contributed by atoms with Crippen molar-refractivity contribution in [3.05, 3.63) is 24.1 Å². The SMILES string of the molecule is CC1CCN(S(=O)(=O)c2ncccc2F)CC1CN. The number of hydrogen-bond acceptors (Lipinski definition) is 4. The summed E-state index contributed by atoms with van der Waals surface area (Å²) in [7, 11) is -3.87. The van der Waals surface area contributed by atoms with Gasteiger partial charge >= 0.3 is 0 Å². The van der Waals surface area contributed by atoms with Gasteiger partial charge in [0.15, 0.2) is 5.82 Å². The summed E-state index contributed by atoms with van der Waals surface area (Å²) < 4.78 is 39.6. The van der Waals surface area contributed by atoms with Gasteiger partial charge in [0.2, 0.25) is 5.03 Å². The predicted octanol–water partition coefficient (Wildman–Crippen LogP) is 0.826. The fraction of sp³-hybridized carbons (Fsp3) is 0.583. The van der Waals surface area contributed by atoms with E-state index in [9.17, 15) is 12.8 Å². The monoisotopic (exact) mass is 287 g/mol. The van der Waals surface area contributed by atoms with Crippen LogP contribution in [0.15, 0.2) is 23.4 Å². The first-order valence-electron chi connectivity index (χ1n) is 6.27. The molecule has 0 aromatic carbocycles. The highest BCUT2D eigenvalue weighted by atomic mass is 32.2. The number of piperidine rings is 1. The third kappa shape index (κ3) is 2.77. The van der Waals surface area contributed by atoms with Crippen molar-refractivity contribution in [2.75, 3.05) is 19.6 Å². The molecule has 1 aromatic heterocycles. The topological polar surface area (TPSA) is 76.3 Å². The first-order valence-corrected chi connectivity index (χ1v) is 7.71. The van der Waals surface area contributed by atoms with Crippen molar-refractivity contribution in [2.45, 2.75) is 18.4 Å². The molecule has 1 saturated heterocycles. The van der Waals surface area contributed by atoms with E-state index >= 15 is 0 Å². The van der Waals surface area contributed by atoms with Crippen molar-refractivity contribution in [2.24, 2.45) is 17.6 Å². The number of halogens is 1. The lowest BCUT2D eigenvalue weighted by atomic mass is 9.88. The maximum atomic E-state index is 13.6. The third-order valence-corrected chi connectivity index (χ3v) is 5.49. The second-order valence-corrected chi connectivity index (χ2v) is 6.77. The lowest BCUT2D eigenvalue weighted by Gasteiger charge is -2.35. The maximum absolute atomic E-state index is 13.6. The summed E-state index contributed by atoms with van der Waals surface area (Å²) in [6.07, 6.45) is 2.01. The Hall–Kier alpha value is -1.05. The zero-order chi connectivity index (χ0) is 14.0. The molecule has 1 fully saturated rings. The second kappa shape index (κ2) is 5.52. The summed E-state index contributed by atoms with van der Waals surface area (Å²) in [5.74, 6) is -0.328. The van der Waals surface area contributed by atoms with Crippen LogP contribution in [-0.4, -0.2) is 37.3 Å². The van der Waals surface area contributed by atoms with Crippen LogP contribution < -0.4 is 5.73 Å². The van der Waals surface area contributed by atoms with E-state index in [4.69, 9.17) is 5.73 Å². The summed E-state index contributed by atoms with van der Waals surface area (Å²) in [6, 6.07) is 2.47. The van der Waals surface area contributed by atoms with E-state index in [0.29, 0.717) is 25.6 Å². The average Bonchev–Trinajstić information content (AvgIpc) is 2.39.